The van der Waals surface area contributed by atoms with Crippen LogP contribution in [0.3, 0.4) is 0 Å². The third-order valence-electron chi connectivity index (χ3n) is 6.47. The minimum Gasteiger partial charge on any atom is -0.322 e. The van der Waals surface area contributed by atoms with Crippen LogP contribution in [0.5, 0.6) is 0 Å². The summed E-state index contributed by atoms with van der Waals surface area (Å²) in [7, 11) is -7.51. The van der Waals surface area contributed by atoms with Crippen LogP contribution >= 0.6 is 0 Å². The number of rotatable bonds is 7. The topological polar surface area (TPSA) is 113 Å². The number of sulfonamides is 2. The molecule has 0 spiro atoms. The summed E-state index contributed by atoms with van der Waals surface area (Å²) >= 11 is 0. The number of nitrogens with zero attached hydrogens (tertiary/aromatic N) is 1. The molecule has 0 unspecified atom stereocenters. The van der Waals surface area contributed by atoms with Crippen molar-refractivity contribution in [2.45, 2.75) is 49.8 Å². The standard InChI is InChI=1S/C27H31N3O5S2/c1-19-7-8-21(3)26(17-19)29-36(32,33)23-13-10-22(11-14-23)28-27(31)25-18-24(12-9-20(25)2)37(34,35)30-15-5-4-6-16-30/h7-14,17-18,29H,4-6,15-16H2,1-3H3,(H,28,31). The molecule has 0 saturated carbocycles. The van der Waals surface area contributed by atoms with Gasteiger partial charge in [-0.05, 0) is 92.8 Å². The summed E-state index contributed by atoms with van der Waals surface area (Å²) in [6.45, 7) is 6.40. The van der Waals surface area contributed by atoms with Crippen molar-refractivity contribution in [2.24, 2.45) is 0 Å². The molecule has 3 aromatic carbocycles. The predicted octanol–water partition coefficient (Wildman–Crippen LogP) is 4.84. The van der Waals surface area contributed by atoms with Gasteiger partial charge in [-0.3, -0.25) is 9.52 Å². The van der Waals surface area contributed by atoms with E-state index in [1.54, 1.807) is 19.1 Å². The lowest BCUT2D eigenvalue weighted by Gasteiger charge is -2.26. The largest absolute Gasteiger partial charge is 0.322 e. The molecule has 0 aliphatic carbocycles. The number of amides is 1. The Kier molecular flexibility index (Phi) is 7.72. The van der Waals surface area contributed by atoms with Gasteiger partial charge in [-0.25, -0.2) is 16.8 Å². The van der Waals surface area contributed by atoms with E-state index in [4.69, 9.17) is 0 Å². The Morgan fingerprint density at radius 2 is 1.38 bits per heavy atom. The number of hydrogen-bond acceptors (Lipinski definition) is 5. The highest BCUT2D eigenvalue weighted by molar-refractivity contribution is 7.92. The number of piperidine rings is 1. The summed E-state index contributed by atoms with van der Waals surface area (Å²) in [6.07, 6.45) is 2.66. The van der Waals surface area contributed by atoms with E-state index in [2.05, 4.69) is 10.0 Å². The van der Waals surface area contributed by atoms with E-state index in [1.807, 2.05) is 26.0 Å². The Morgan fingerprint density at radius 1 is 0.757 bits per heavy atom. The summed E-state index contributed by atoms with van der Waals surface area (Å²) in [5.41, 5.74) is 3.51. The van der Waals surface area contributed by atoms with Gasteiger partial charge in [0, 0.05) is 24.3 Å². The second-order valence-electron chi connectivity index (χ2n) is 9.34. The molecule has 1 saturated heterocycles. The summed E-state index contributed by atoms with van der Waals surface area (Å²) in [5.74, 6) is -0.475. The average molecular weight is 542 g/mol. The zero-order valence-corrected chi connectivity index (χ0v) is 22.7. The van der Waals surface area contributed by atoms with Crippen molar-refractivity contribution < 1.29 is 21.6 Å². The van der Waals surface area contributed by atoms with Crippen LogP contribution in [0.1, 0.15) is 46.3 Å². The molecule has 0 radical (unpaired) electrons. The van der Waals surface area contributed by atoms with Gasteiger partial charge in [0.05, 0.1) is 15.5 Å². The fourth-order valence-corrected chi connectivity index (χ4v) is 6.89. The first-order valence-corrected chi connectivity index (χ1v) is 15.0. The second-order valence-corrected chi connectivity index (χ2v) is 13.0. The van der Waals surface area contributed by atoms with Crippen LogP contribution in [0, 0.1) is 20.8 Å². The number of aryl methyl sites for hydroxylation is 3. The highest BCUT2D eigenvalue weighted by Crippen LogP contribution is 2.25. The van der Waals surface area contributed by atoms with Crippen molar-refractivity contribution in [3.8, 4) is 0 Å². The molecule has 3 aromatic rings. The maximum atomic E-state index is 13.1. The Bertz CT molecular complexity index is 1530. The van der Waals surface area contributed by atoms with Gasteiger partial charge < -0.3 is 5.32 Å². The van der Waals surface area contributed by atoms with Gasteiger partial charge in [0.1, 0.15) is 0 Å². The number of nitrogens with one attached hydrogen (secondary N) is 2. The third kappa shape index (κ3) is 6.03. The Hall–Kier alpha value is -3.21. The Balaban J connectivity index is 1.51. The highest BCUT2D eigenvalue weighted by Gasteiger charge is 2.27. The zero-order chi connectivity index (χ0) is 26.8. The van der Waals surface area contributed by atoms with Crippen LogP contribution in [0.2, 0.25) is 0 Å². The van der Waals surface area contributed by atoms with Crippen molar-refractivity contribution in [3.63, 3.8) is 0 Å². The lowest BCUT2D eigenvalue weighted by Crippen LogP contribution is -2.35. The van der Waals surface area contributed by atoms with Gasteiger partial charge in [-0.1, -0.05) is 24.6 Å². The first-order chi connectivity index (χ1) is 17.5. The van der Waals surface area contributed by atoms with Crippen LogP contribution in [-0.4, -0.2) is 40.1 Å². The second kappa shape index (κ2) is 10.6. The van der Waals surface area contributed by atoms with Crippen molar-refractivity contribution in [1.82, 2.24) is 4.31 Å². The van der Waals surface area contributed by atoms with E-state index >= 15 is 0 Å². The highest BCUT2D eigenvalue weighted by atomic mass is 32.2. The Morgan fingerprint density at radius 3 is 2.05 bits per heavy atom. The van der Waals surface area contributed by atoms with Gasteiger partial charge in [0.25, 0.3) is 15.9 Å². The minimum atomic E-state index is -3.82. The maximum absolute atomic E-state index is 13.1. The van der Waals surface area contributed by atoms with Gasteiger partial charge in [-0.15, -0.1) is 0 Å². The fourth-order valence-electron chi connectivity index (χ4n) is 4.23. The van der Waals surface area contributed by atoms with Crippen molar-refractivity contribution in [2.75, 3.05) is 23.1 Å². The van der Waals surface area contributed by atoms with Crippen molar-refractivity contribution in [3.05, 3.63) is 82.9 Å². The molecule has 1 aliphatic rings. The van der Waals surface area contributed by atoms with E-state index in [-0.39, 0.29) is 15.4 Å². The number of carbonyl (C=O) groups excluding carboxylic acids is 1. The lowest BCUT2D eigenvalue weighted by atomic mass is 10.1. The summed E-state index contributed by atoms with van der Waals surface area (Å²) in [5, 5.41) is 2.74. The molecular formula is C27H31N3O5S2. The normalized spacial score (nSPS) is 14.8. The van der Waals surface area contributed by atoms with Crippen LogP contribution in [0.25, 0.3) is 0 Å². The van der Waals surface area contributed by atoms with E-state index in [9.17, 15) is 21.6 Å². The molecule has 8 nitrogen and oxygen atoms in total. The molecule has 0 aromatic heterocycles. The minimum absolute atomic E-state index is 0.0530. The molecule has 37 heavy (non-hydrogen) atoms. The monoisotopic (exact) mass is 541 g/mol. The van der Waals surface area contributed by atoms with Gasteiger partial charge in [0.15, 0.2) is 0 Å². The zero-order valence-electron chi connectivity index (χ0n) is 21.1. The number of benzene rings is 3. The van der Waals surface area contributed by atoms with Crippen LogP contribution in [0.15, 0.2) is 70.5 Å². The summed E-state index contributed by atoms with van der Waals surface area (Å²) < 4.78 is 55.9. The van der Waals surface area contributed by atoms with Crippen molar-refractivity contribution in [1.29, 1.82) is 0 Å². The SMILES string of the molecule is Cc1ccc(C)c(NS(=O)(=O)c2ccc(NC(=O)c3cc(S(=O)(=O)N4CCCCC4)ccc3C)cc2)c1. The van der Waals surface area contributed by atoms with Gasteiger partial charge in [0.2, 0.25) is 10.0 Å². The third-order valence-corrected chi connectivity index (χ3v) is 9.74. The first-order valence-electron chi connectivity index (χ1n) is 12.1. The van der Waals surface area contributed by atoms with Crippen LogP contribution < -0.4 is 10.0 Å². The van der Waals surface area contributed by atoms with Crippen LogP contribution in [0.4, 0.5) is 11.4 Å². The quantitative estimate of drug-likeness (QED) is 0.445. The van der Waals surface area contributed by atoms with Gasteiger partial charge in [-0.2, -0.15) is 4.31 Å². The van der Waals surface area contributed by atoms with E-state index in [0.29, 0.717) is 30.0 Å². The number of hydrogen-bond donors (Lipinski definition) is 2. The molecular weight excluding hydrogens is 510 g/mol. The number of carbonyl (C=O) groups is 1. The predicted molar refractivity (Wildman–Crippen MR) is 145 cm³/mol. The fraction of sp³-hybridized carbons (Fsp3) is 0.296. The summed E-state index contributed by atoms with van der Waals surface area (Å²) in [4.78, 5) is 13.2. The molecule has 1 fully saturated rings. The molecule has 2 N–H and O–H groups in total. The van der Waals surface area contributed by atoms with E-state index < -0.39 is 26.0 Å². The lowest BCUT2D eigenvalue weighted by molar-refractivity contribution is 0.102. The molecule has 0 bridgehead atoms. The van der Waals surface area contributed by atoms with E-state index in [1.165, 1.54) is 40.7 Å². The summed E-state index contributed by atoms with van der Waals surface area (Å²) in [6, 6.07) is 15.9. The molecule has 4 rings (SSSR count). The van der Waals surface area contributed by atoms with E-state index in [0.717, 1.165) is 30.4 Å². The first kappa shape index (κ1) is 26.8. The average Bonchev–Trinajstić information content (AvgIpc) is 2.87. The molecule has 10 heteroatoms. The van der Waals surface area contributed by atoms with Crippen molar-refractivity contribution >= 4 is 37.3 Å². The molecule has 0 atom stereocenters. The molecule has 1 aliphatic heterocycles. The molecule has 196 valence electrons. The van der Waals surface area contributed by atoms with Gasteiger partial charge >= 0.3 is 0 Å². The smallest absolute Gasteiger partial charge is 0.261 e. The molecule has 1 amide bonds. The molecule has 1 heterocycles. The maximum Gasteiger partial charge on any atom is 0.261 e. The van der Waals surface area contributed by atoms with Crippen LogP contribution in [-0.2, 0) is 20.0 Å². The number of anilines is 2. The Labute approximate surface area is 218 Å².